The molecule has 0 aromatic heterocycles. The van der Waals surface area contributed by atoms with Crippen LogP contribution in [-0.2, 0) is 42.9 Å². The fourth-order valence-corrected chi connectivity index (χ4v) is 7.20. The SMILES string of the molecule is C=C1C(Cl)C2OC(=O)C(C)C23OC1C(O)C(OC(C)=O)C1(C)C(OC(C)=O)CCC(=C)C1C3OC(C)=O. The van der Waals surface area contributed by atoms with E-state index in [9.17, 15) is 24.3 Å². The van der Waals surface area contributed by atoms with Gasteiger partial charge < -0.3 is 28.8 Å². The molecule has 4 fully saturated rings. The lowest BCUT2D eigenvalue weighted by molar-refractivity contribution is -0.292. The molecule has 3 saturated heterocycles. The molecule has 3 aliphatic heterocycles. The normalized spacial score (nSPS) is 44.9. The first-order valence-electron chi connectivity index (χ1n) is 12.3. The van der Waals surface area contributed by atoms with Crippen LogP contribution >= 0.6 is 11.6 Å². The Bertz CT molecular complexity index is 1060. The first-order valence-corrected chi connectivity index (χ1v) is 12.7. The van der Waals surface area contributed by atoms with Crippen LogP contribution in [0.2, 0.25) is 0 Å². The van der Waals surface area contributed by atoms with Gasteiger partial charge in [0.15, 0.2) is 11.7 Å². The maximum absolute atomic E-state index is 13.0. The second-order valence-electron chi connectivity index (χ2n) is 10.6. The van der Waals surface area contributed by atoms with E-state index in [1.54, 1.807) is 13.8 Å². The van der Waals surface area contributed by atoms with Gasteiger partial charge in [-0.05, 0) is 25.3 Å². The minimum Gasteiger partial charge on any atom is -0.462 e. The first kappa shape index (κ1) is 27.6. The average molecular weight is 541 g/mol. The first-order chi connectivity index (χ1) is 17.2. The molecule has 37 heavy (non-hydrogen) atoms. The fourth-order valence-electron chi connectivity index (χ4n) is 6.83. The van der Waals surface area contributed by atoms with Crippen LogP contribution < -0.4 is 0 Å². The molecule has 1 saturated carbocycles. The molecule has 11 atom stereocenters. The number of alkyl halides is 1. The Balaban J connectivity index is 2.06. The highest BCUT2D eigenvalue weighted by Crippen LogP contribution is 2.60. The van der Waals surface area contributed by atoms with E-state index in [1.165, 1.54) is 20.8 Å². The summed E-state index contributed by atoms with van der Waals surface area (Å²) >= 11 is 6.78. The third kappa shape index (κ3) is 3.99. The third-order valence-electron chi connectivity index (χ3n) is 8.44. The molecule has 11 unspecified atom stereocenters. The van der Waals surface area contributed by atoms with Crippen LogP contribution in [0.4, 0.5) is 0 Å². The fraction of sp³-hybridized carbons (Fsp3) is 0.692. The van der Waals surface area contributed by atoms with Crippen molar-refractivity contribution in [2.24, 2.45) is 17.3 Å². The standard InChI is InChI=1S/C26H33ClO10/c1-10-8-9-16(33-13(4)28)25(7)17(10)21(34-14(5)29)26-12(3)24(32)36-22(26)18(27)11(2)20(37-26)19(31)23(25)35-15(6)30/h12,16-23,31H,1-2,8-9H2,3-7H3. The van der Waals surface area contributed by atoms with Gasteiger partial charge in [0.1, 0.15) is 30.5 Å². The number of ether oxygens (including phenoxy) is 5. The molecule has 11 heteroatoms. The molecular formula is C26H33ClO10. The van der Waals surface area contributed by atoms with Crippen LogP contribution in [0.15, 0.2) is 24.3 Å². The highest BCUT2D eigenvalue weighted by Gasteiger charge is 2.75. The summed E-state index contributed by atoms with van der Waals surface area (Å²) in [4.78, 5) is 50.1. The van der Waals surface area contributed by atoms with Crippen molar-refractivity contribution in [3.63, 3.8) is 0 Å². The maximum atomic E-state index is 13.0. The van der Waals surface area contributed by atoms with Gasteiger partial charge in [0.2, 0.25) is 0 Å². The molecule has 1 aliphatic carbocycles. The van der Waals surface area contributed by atoms with E-state index in [0.717, 1.165) is 0 Å². The predicted molar refractivity (Wildman–Crippen MR) is 128 cm³/mol. The van der Waals surface area contributed by atoms with Crippen molar-refractivity contribution >= 4 is 35.5 Å². The Morgan fingerprint density at radius 2 is 1.62 bits per heavy atom. The van der Waals surface area contributed by atoms with E-state index >= 15 is 0 Å². The highest BCUT2D eigenvalue weighted by atomic mass is 35.5. The molecule has 3 heterocycles. The van der Waals surface area contributed by atoms with Gasteiger partial charge in [0.05, 0.1) is 16.7 Å². The highest BCUT2D eigenvalue weighted by molar-refractivity contribution is 6.23. The van der Waals surface area contributed by atoms with Crippen molar-refractivity contribution in [1.82, 2.24) is 0 Å². The third-order valence-corrected chi connectivity index (χ3v) is 8.95. The molecule has 1 spiro atoms. The van der Waals surface area contributed by atoms with Crippen molar-refractivity contribution in [2.45, 2.75) is 95.1 Å². The maximum Gasteiger partial charge on any atom is 0.312 e. The summed E-state index contributed by atoms with van der Waals surface area (Å²) in [6.45, 7) is 15.2. The van der Waals surface area contributed by atoms with Gasteiger partial charge in [-0.25, -0.2) is 0 Å². The summed E-state index contributed by atoms with van der Waals surface area (Å²) < 4.78 is 29.6. The molecule has 1 N–H and O–H groups in total. The smallest absolute Gasteiger partial charge is 0.312 e. The Labute approximate surface area is 220 Å². The van der Waals surface area contributed by atoms with Crippen LogP contribution in [0.5, 0.6) is 0 Å². The van der Waals surface area contributed by atoms with Crippen LogP contribution in [-0.4, -0.2) is 76.6 Å². The lowest BCUT2D eigenvalue weighted by Crippen LogP contribution is -2.75. The summed E-state index contributed by atoms with van der Waals surface area (Å²) in [5.74, 6) is -4.44. The number of rotatable bonds is 3. The van der Waals surface area contributed by atoms with Gasteiger partial charge in [-0.1, -0.05) is 25.7 Å². The van der Waals surface area contributed by atoms with E-state index in [2.05, 4.69) is 13.2 Å². The number of carbonyl (C=O) groups is 4. The molecule has 4 rings (SSSR count). The van der Waals surface area contributed by atoms with E-state index in [4.69, 9.17) is 35.3 Å². The average Bonchev–Trinajstić information content (AvgIpc) is 3.05. The second kappa shape index (κ2) is 9.39. The number of halogens is 1. The Morgan fingerprint density at radius 3 is 2.19 bits per heavy atom. The molecule has 4 aliphatic rings. The van der Waals surface area contributed by atoms with Crippen LogP contribution in [0.1, 0.15) is 47.5 Å². The van der Waals surface area contributed by atoms with E-state index in [-0.39, 0.29) is 5.57 Å². The molecule has 0 amide bonds. The largest absolute Gasteiger partial charge is 0.462 e. The zero-order valence-electron chi connectivity index (χ0n) is 21.5. The van der Waals surface area contributed by atoms with Crippen LogP contribution in [0.3, 0.4) is 0 Å². The van der Waals surface area contributed by atoms with Crippen molar-refractivity contribution in [1.29, 1.82) is 0 Å². The van der Waals surface area contributed by atoms with Gasteiger partial charge in [0, 0.05) is 26.7 Å². The quantitative estimate of drug-likeness (QED) is 0.245. The second-order valence-corrected chi connectivity index (χ2v) is 11.1. The Morgan fingerprint density at radius 1 is 1.05 bits per heavy atom. The number of aliphatic hydroxyl groups is 1. The molecular weight excluding hydrogens is 508 g/mol. The Kier molecular flexibility index (Phi) is 7.01. The minimum atomic E-state index is -1.64. The van der Waals surface area contributed by atoms with Crippen molar-refractivity contribution in [2.75, 3.05) is 0 Å². The van der Waals surface area contributed by atoms with Gasteiger partial charge >= 0.3 is 23.9 Å². The summed E-state index contributed by atoms with van der Waals surface area (Å²) in [5, 5.41) is 10.8. The zero-order valence-corrected chi connectivity index (χ0v) is 22.3. The number of fused-ring (bicyclic) bond motifs is 2. The van der Waals surface area contributed by atoms with Gasteiger partial charge in [-0.15, -0.1) is 11.6 Å². The number of carbonyl (C=O) groups excluding carboxylic acids is 4. The zero-order chi connectivity index (χ0) is 27.6. The van der Waals surface area contributed by atoms with E-state index in [1.807, 2.05) is 0 Å². The number of esters is 4. The van der Waals surface area contributed by atoms with E-state index < -0.39 is 88.7 Å². The van der Waals surface area contributed by atoms with Crippen molar-refractivity contribution in [3.05, 3.63) is 24.3 Å². The lowest BCUT2D eigenvalue weighted by atomic mass is 9.53. The topological polar surface area (TPSA) is 135 Å². The van der Waals surface area contributed by atoms with Crippen molar-refractivity contribution in [3.8, 4) is 0 Å². The van der Waals surface area contributed by atoms with Crippen molar-refractivity contribution < 1.29 is 48.0 Å². The molecule has 10 nitrogen and oxygen atoms in total. The molecule has 0 aromatic carbocycles. The molecule has 204 valence electrons. The number of aliphatic hydroxyl groups excluding tert-OH is 1. The summed E-state index contributed by atoms with van der Waals surface area (Å²) in [5.41, 5.74) is -2.22. The predicted octanol–water partition coefficient (Wildman–Crippen LogP) is 1.99. The van der Waals surface area contributed by atoms with Crippen LogP contribution in [0, 0.1) is 17.3 Å². The van der Waals surface area contributed by atoms with Crippen LogP contribution in [0.25, 0.3) is 0 Å². The van der Waals surface area contributed by atoms with Gasteiger partial charge in [-0.2, -0.15) is 0 Å². The van der Waals surface area contributed by atoms with Gasteiger partial charge in [0.25, 0.3) is 0 Å². The van der Waals surface area contributed by atoms with Gasteiger partial charge in [-0.3, -0.25) is 19.2 Å². The Hall–Kier alpha value is -2.43. The molecule has 2 bridgehead atoms. The van der Waals surface area contributed by atoms with E-state index in [0.29, 0.717) is 18.4 Å². The molecule has 0 radical (unpaired) electrons. The summed E-state index contributed by atoms with van der Waals surface area (Å²) in [6, 6.07) is 0. The summed E-state index contributed by atoms with van der Waals surface area (Å²) in [6.07, 6.45) is -6.61. The minimum absolute atomic E-state index is 0.205. The number of hydrogen-bond acceptors (Lipinski definition) is 10. The summed E-state index contributed by atoms with van der Waals surface area (Å²) in [7, 11) is 0. The molecule has 0 aromatic rings. The number of hydrogen-bond donors (Lipinski definition) is 1. The monoisotopic (exact) mass is 540 g/mol. The lowest BCUT2D eigenvalue weighted by Gasteiger charge is -2.61.